The van der Waals surface area contributed by atoms with Crippen LogP contribution in [0.4, 0.5) is 5.69 Å². The number of aryl methyl sites for hydroxylation is 2. The minimum atomic E-state index is 0.650. The average Bonchev–Trinajstić information content (AvgIpc) is 2.85. The fourth-order valence-electron chi connectivity index (χ4n) is 2.57. The first-order chi connectivity index (χ1) is 9.24. The van der Waals surface area contributed by atoms with E-state index in [1.54, 1.807) is 0 Å². The largest absolute Gasteiger partial charge is 0.381 e. The number of fused-ring (bicyclic) bond motifs is 1. The van der Waals surface area contributed by atoms with E-state index in [4.69, 9.17) is 23.2 Å². The van der Waals surface area contributed by atoms with Gasteiger partial charge in [0.25, 0.3) is 0 Å². The van der Waals surface area contributed by atoms with Crippen molar-refractivity contribution in [1.82, 2.24) is 0 Å². The van der Waals surface area contributed by atoms with Crippen molar-refractivity contribution < 1.29 is 0 Å². The van der Waals surface area contributed by atoms with Crippen LogP contribution in [0.3, 0.4) is 0 Å². The SMILES string of the molecule is Clc1cccc(Cl)c1CNc1ccc2c(c1)CCC2. The second-order valence-electron chi connectivity index (χ2n) is 4.89. The third-order valence-corrected chi connectivity index (χ3v) is 4.34. The Hall–Kier alpha value is -1.18. The molecule has 0 bridgehead atoms. The van der Waals surface area contributed by atoms with Crippen molar-refractivity contribution in [1.29, 1.82) is 0 Å². The summed E-state index contributed by atoms with van der Waals surface area (Å²) in [5.74, 6) is 0. The van der Waals surface area contributed by atoms with Crippen LogP contribution in [0.2, 0.25) is 10.0 Å². The number of anilines is 1. The number of nitrogens with one attached hydrogen (secondary N) is 1. The zero-order chi connectivity index (χ0) is 13.2. The molecule has 0 aromatic heterocycles. The molecule has 0 atom stereocenters. The van der Waals surface area contributed by atoms with Gasteiger partial charge in [0, 0.05) is 27.8 Å². The molecule has 19 heavy (non-hydrogen) atoms. The third-order valence-electron chi connectivity index (χ3n) is 3.63. The standard InChI is InChI=1S/C16H15Cl2N/c17-15-5-2-6-16(18)14(15)10-19-13-8-7-11-3-1-4-12(11)9-13/h2,5-9,19H,1,3-4,10H2. The molecule has 2 aromatic rings. The van der Waals surface area contributed by atoms with E-state index in [-0.39, 0.29) is 0 Å². The fourth-order valence-corrected chi connectivity index (χ4v) is 3.10. The Labute approximate surface area is 123 Å². The van der Waals surface area contributed by atoms with Crippen molar-refractivity contribution in [3.05, 3.63) is 63.1 Å². The van der Waals surface area contributed by atoms with E-state index in [1.807, 2.05) is 18.2 Å². The van der Waals surface area contributed by atoms with Crippen LogP contribution in [-0.4, -0.2) is 0 Å². The molecule has 0 saturated carbocycles. The summed E-state index contributed by atoms with van der Waals surface area (Å²) in [6.45, 7) is 0.650. The van der Waals surface area contributed by atoms with Crippen molar-refractivity contribution in [2.45, 2.75) is 25.8 Å². The molecule has 0 saturated heterocycles. The summed E-state index contributed by atoms with van der Waals surface area (Å²) in [7, 11) is 0. The van der Waals surface area contributed by atoms with Crippen LogP contribution >= 0.6 is 23.2 Å². The van der Waals surface area contributed by atoms with E-state index < -0.39 is 0 Å². The van der Waals surface area contributed by atoms with E-state index in [9.17, 15) is 0 Å². The smallest absolute Gasteiger partial charge is 0.0470 e. The van der Waals surface area contributed by atoms with Crippen molar-refractivity contribution >= 4 is 28.9 Å². The van der Waals surface area contributed by atoms with Gasteiger partial charge >= 0.3 is 0 Å². The molecule has 0 amide bonds. The van der Waals surface area contributed by atoms with Gasteiger partial charge in [-0.25, -0.2) is 0 Å². The van der Waals surface area contributed by atoms with Crippen LogP contribution in [0.15, 0.2) is 36.4 Å². The molecule has 0 aliphatic heterocycles. The predicted molar refractivity (Wildman–Crippen MR) is 82.3 cm³/mol. The Morgan fingerprint density at radius 2 is 1.68 bits per heavy atom. The molecule has 1 N–H and O–H groups in total. The van der Waals surface area contributed by atoms with Gasteiger partial charge in [-0.1, -0.05) is 35.3 Å². The molecule has 98 valence electrons. The third kappa shape index (κ3) is 2.72. The van der Waals surface area contributed by atoms with Crippen LogP contribution < -0.4 is 5.32 Å². The second kappa shape index (κ2) is 5.44. The highest BCUT2D eigenvalue weighted by Gasteiger charge is 2.11. The highest BCUT2D eigenvalue weighted by Crippen LogP contribution is 2.27. The first-order valence-corrected chi connectivity index (χ1v) is 7.28. The highest BCUT2D eigenvalue weighted by atomic mass is 35.5. The maximum absolute atomic E-state index is 6.17. The maximum atomic E-state index is 6.17. The first kappa shape index (κ1) is 12.8. The van der Waals surface area contributed by atoms with Crippen LogP contribution in [-0.2, 0) is 19.4 Å². The molecule has 3 rings (SSSR count). The van der Waals surface area contributed by atoms with Crippen LogP contribution in [0.5, 0.6) is 0 Å². The van der Waals surface area contributed by atoms with Crippen LogP contribution in [0.1, 0.15) is 23.1 Å². The van der Waals surface area contributed by atoms with Crippen molar-refractivity contribution in [2.24, 2.45) is 0 Å². The summed E-state index contributed by atoms with van der Waals surface area (Å²) in [6.07, 6.45) is 3.68. The van der Waals surface area contributed by atoms with E-state index in [1.165, 1.54) is 30.4 Å². The van der Waals surface area contributed by atoms with E-state index in [0.717, 1.165) is 11.3 Å². The van der Waals surface area contributed by atoms with E-state index in [0.29, 0.717) is 16.6 Å². The summed E-state index contributed by atoms with van der Waals surface area (Å²) >= 11 is 12.3. The number of hydrogen-bond donors (Lipinski definition) is 1. The van der Waals surface area contributed by atoms with E-state index in [2.05, 4.69) is 23.5 Å². The lowest BCUT2D eigenvalue weighted by Crippen LogP contribution is -2.01. The average molecular weight is 292 g/mol. The molecular weight excluding hydrogens is 277 g/mol. The molecule has 2 aromatic carbocycles. The number of hydrogen-bond acceptors (Lipinski definition) is 1. The lowest BCUT2D eigenvalue weighted by Gasteiger charge is -2.11. The molecule has 0 heterocycles. The minimum Gasteiger partial charge on any atom is -0.381 e. The summed E-state index contributed by atoms with van der Waals surface area (Å²) < 4.78 is 0. The maximum Gasteiger partial charge on any atom is 0.0470 e. The zero-order valence-corrected chi connectivity index (χ0v) is 12.1. The quantitative estimate of drug-likeness (QED) is 0.830. The van der Waals surface area contributed by atoms with Gasteiger partial charge in [0.05, 0.1) is 0 Å². The van der Waals surface area contributed by atoms with Gasteiger partial charge in [0.15, 0.2) is 0 Å². The molecule has 1 aliphatic rings. The first-order valence-electron chi connectivity index (χ1n) is 6.52. The molecule has 0 fully saturated rings. The van der Waals surface area contributed by atoms with Crippen molar-refractivity contribution in [3.8, 4) is 0 Å². The van der Waals surface area contributed by atoms with Gasteiger partial charge in [-0.15, -0.1) is 0 Å². The predicted octanol–water partition coefficient (Wildman–Crippen LogP) is 5.09. The lowest BCUT2D eigenvalue weighted by atomic mass is 10.1. The van der Waals surface area contributed by atoms with Gasteiger partial charge in [0.1, 0.15) is 0 Å². The Kier molecular flexibility index (Phi) is 3.67. The minimum absolute atomic E-state index is 0.650. The Morgan fingerprint density at radius 3 is 2.47 bits per heavy atom. The summed E-state index contributed by atoms with van der Waals surface area (Å²) in [4.78, 5) is 0. The van der Waals surface area contributed by atoms with Gasteiger partial charge in [-0.2, -0.15) is 0 Å². The van der Waals surface area contributed by atoms with Gasteiger partial charge < -0.3 is 5.32 Å². The summed E-state index contributed by atoms with van der Waals surface area (Å²) in [6, 6.07) is 12.2. The molecular formula is C16H15Cl2N. The zero-order valence-electron chi connectivity index (χ0n) is 10.5. The van der Waals surface area contributed by atoms with Gasteiger partial charge in [-0.3, -0.25) is 0 Å². The molecule has 0 spiro atoms. The second-order valence-corrected chi connectivity index (χ2v) is 5.71. The molecule has 1 nitrogen and oxygen atoms in total. The Balaban J connectivity index is 1.76. The monoisotopic (exact) mass is 291 g/mol. The summed E-state index contributed by atoms with van der Waals surface area (Å²) in [5.41, 5.74) is 5.04. The summed E-state index contributed by atoms with van der Waals surface area (Å²) in [5, 5.41) is 4.82. The van der Waals surface area contributed by atoms with Crippen LogP contribution in [0.25, 0.3) is 0 Å². The number of rotatable bonds is 3. The molecule has 3 heteroatoms. The Bertz CT molecular complexity index is 587. The molecule has 0 radical (unpaired) electrons. The van der Waals surface area contributed by atoms with Gasteiger partial charge in [0.2, 0.25) is 0 Å². The van der Waals surface area contributed by atoms with Crippen LogP contribution in [0, 0.1) is 0 Å². The molecule has 1 aliphatic carbocycles. The number of benzene rings is 2. The topological polar surface area (TPSA) is 12.0 Å². The van der Waals surface area contributed by atoms with E-state index >= 15 is 0 Å². The fraction of sp³-hybridized carbons (Fsp3) is 0.250. The molecule has 0 unspecified atom stereocenters. The van der Waals surface area contributed by atoms with Crippen molar-refractivity contribution in [3.63, 3.8) is 0 Å². The highest BCUT2D eigenvalue weighted by molar-refractivity contribution is 6.36. The van der Waals surface area contributed by atoms with Gasteiger partial charge in [-0.05, 0) is 54.7 Å². The Morgan fingerprint density at radius 1 is 0.947 bits per heavy atom. The normalized spacial score (nSPS) is 13.4. The lowest BCUT2D eigenvalue weighted by molar-refractivity contribution is 0.912. The number of halogens is 2. The van der Waals surface area contributed by atoms with Crippen molar-refractivity contribution in [2.75, 3.05) is 5.32 Å².